The highest BCUT2D eigenvalue weighted by Crippen LogP contribution is 2.31. The number of hydrogen-bond acceptors (Lipinski definition) is 6. The lowest BCUT2D eigenvalue weighted by Gasteiger charge is -2.14. The van der Waals surface area contributed by atoms with Gasteiger partial charge in [0.15, 0.2) is 0 Å². The third-order valence-electron chi connectivity index (χ3n) is 5.85. The van der Waals surface area contributed by atoms with Crippen LogP contribution in [0, 0.1) is 6.92 Å². The summed E-state index contributed by atoms with van der Waals surface area (Å²) in [5.41, 5.74) is 6.62. The van der Waals surface area contributed by atoms with Gasteiger partial charge in [-0.3, -0.25) is 9.59 Å². The van der Waals surface area contributed by atoms with E-state index < -0.39 is 5.97 Å². The van der Waals surface area contributed by atoms with Gasteiger partial charge in [0.1, 0.15) is 6.54 Å². The van der Waals surface area contributed by atoms with E-state index in [1.54, 1.807) is 25.3 Å². The van der Waals surface area contributed by atoms with Gasteiger partial charge < -0.3 is 19.3 Å². The first-order chi connectivity index (χ1) is 17.4. The summed E-state index contributed by atoms with van der Waals surface area (Å²) in [6.45, 7) is 2.17. The molecule has 0 fully saturated rings. The molecule has 0 spiro atoms. The van der Waals surface area contributed by atoms with Crippen LogP contribution >= 0.6 is 0 Å². The summed E-state index contributed by atoms with van der Waals surface area (Å²) < 4.78 is 11.0. The first-order valence-corrected chi connectivity index (χ1v) is 11.4. The molecule has 0 unspecified atom stereocenters. The minimum Gasteiger partial charge on any atom is -0.480 e. The zero-order valence-corrected chi connectivity index (χ0v) is 20.4. The Morgan fingerprint density at radius 1 is 1.00 bits per heavy atom. The molecule has 8 nitrogen and oxygen atoms in total. The molecule has 4 aromatic rings. The molecule has 0 bridgehead atoms. The van der Waals surface area contributed by atoms with Crippen molar-refractivity contribution in [2.45, 2.75) is 20.0 Å². The lowest BCUT2D eigenvalue weighted by molar-refractivity contribution is -0.143. The Morgan fingerprint density at radius 2 is 1.81 bits per heavy atom. The molecule has 36 heavy (non-hydrogen) atoms. The summed E-state index contributed by atoms with van der Waals surface area (Å²) >= 11 is 0. The normalized spacial score (nSPS) is 10.9. The van der Waals surface area contributed by atoms with Gasteiger partial charge >= 0.3 is 5.97 Å². The van der Waals surface area contributed by atoms with E-state index >= 15 is 0 Å². The Balaban J connectivity index is 1.58. The number of benzene rings is 3. The van der Waals surface area contributed by atoms with E-state index in [1.165, 1.54) is 17.5 Å². The van der Waals surface area contributed by atoms with Crippen molar-refractivity contribution in [2.75, 3.05) is 20.7 Å². The average Bonchev–Trinajstić information content (AvgIpc) is 3.35. The fourth-order valence-corrected chi connectivity index (χ4v) is 4.02. The van der Waals surface area contributed by atoms with E-state index in [9.17, 15) is 9.59 Å². The van der Waals surface area contributed by atoms with Crippen molar-refractivity contribution < 1.29 is 24.0 Å². The SMILES string of the molecule is COCc1cc(-c2nc(-c3cccc(CC(=O)N(C)CC(=O)O)c3)no2)ccc1-c1ccccc1C. The van der Waals surface area contributed by atoms with E-state index in [4.69, 9.17) is 14.4 Å². The van der Waals surface area contributed by atoms with Crippen LogP contribution < -0.4 is 0 Å². The van der Waals surface area contributed by atoms with Gasteiger partial charge in [0, 0.05) is 25.3 Å². The van der Waals surface area contributed by atoms with Gasteiger partial charge in [0.25, 0.3) is 5.89 Å². The van der Waals surface area contributed by atoms with Crippen LogP contribution in [-0.4, -0.2) is 52.7 Å². The minimum absolute atomic E-state index is 0.0725. The highest BCUT2D eigenvalue weighted by Gasteiger charge is 2.16. The lowest BCUT2D eigenvalue weighted by Crippen LogP contribution is -2.33. The molecule has 8 heteroatoms. The van der Waals surface area contributed by atoms with Crippen LogP contribution in [-0.2, 0) is 27.4 Å². The molecule has 0 saturated carbocycles. The minimum atomic E-state index is -1.06. The number of likely N-dealkylation sites (N-methyl/N-ethyl adjacent to an activating group) is 1. The second kappa shape index (κ2) is 11.0. The maximum atomic E-state index is 12.3. The number of carboxylic acids is 1. The number of aliphatic carboxylic acids is 1. The second-order valence-corrected chi connectivity index (χ2v) is 8.56. The van der Waals surface area contributed by atoms with Crippen LogP contribution in [0.5, 0.6) is 0 Å². The molecule has 0 aliphatic heterocycles. The third kappa shape index (κ3) is 5.67. The second-order valence-electron chi connectivity index (χ2n) is 8.56. The number of nitrogens with zero attached hydrogens (tertiary/aromatic N) is 3. The average molecular weight is 486 g/mol. The molecule has 0 radical (unpaired) electrons. The van der Waals surface area contributed by atoms with E-state index in [0.29, 0.717) is 23.9 Å². The van der Waals surface area contributed by atoms with Crippen molar-refractivity contribution in [1.29, 1.82) is 0 Å². The molecule has 3 aromatic carbocycles. The molecule has 4 rings (SSSR count). The van der Waals surface area contributed by atoms with Gasteiger partial charge in [0.05, 0.1) is 13.0 Å². The monoisotopic (exact) mass is 485 g/mol. The van der Waals surface area contributed by atoms with Gasteiger partial charge in [-0.2, -0.15) is 4.98 Å². The van der Waals surface area contributed by atoms with E-state index in [2.05, 4.69) is 29.2 Å². The van der Waals surface area contributed by atoms with Crippen molar-refractivity contribution in [1.82, 2.24) is 15.0 Å². The standard InChI is InChI=1S/C28H27N3O5/c1-18-7-4-5-10-23(18)24-12-11-21(15-22(24)17-35-3)28-29-27(30-36-28)20-9-6-8-19(13-20)14-25(32)31(2)16-26(33)34/h4-13,15H,14,16-17H2,1-3H3,(H,33,34). The summed E-state index contributed by atoms with van der Waals surface area (Å²) in [5.74, 6) is -0.571. The summed E-state index contributed by atoms with van der Waals surface area (Å²) in [6, 6.07) is 21.4. The number of aryl methyl sites for hydroxylation is 1. The zero-order chi connectivity index (χ0) is 25.7. The van der Waals surface area contributed by atoms with Crippen LogP contribution in [0.4, 0.5) is 0 Å². The van der Waals surface area contributed by atoms with Crippen molar-refractivity contribution in [3.63, 3.8) is 0 Å². The zero-order valence-electron chi connectivity index (χ0n) is 20.4. The summed E-state index contributed by atoms with van der Waals surface area (Å²) in [7, 11) is 3.13. The fourth-order valence-electron chi connectivity index (χ4n) is 4.02. The number of aromatic nitrogens is 2. The molecule has 0 aliphatic carbocycles. The maximum absolute atomic E-state index is 12.3. The number of hydrogen-bond donors (Lipinski definition) is 1. The Bertz CT molecular complexity index is 1400. The van der Waals surface area contributed by atoms with Crippen molar-refractivity contribution in [3.8, 4) is 34.0 Å². The molecule has 0 aliphatic rings. The van der Waals surface area contributed by atoms with Crippen LogP contribution in [0.3, 0.4) is 0 Å². The van der Waals surface area contributed by atoms with E-state index in [0.717, 1.165) is 27.8 Å². The molecule has 1 heterocycles. The summed E-state index contributed by atoms with van der Waals surface area (Å²) in [5, 5.41) is 13.0. The predicted molar refractivity (Wildman–Crippen MR) is 135 cm³/mol. The van der Waals surface area contributed by atoms with Gasteiger partial charge in [-0.05, 0) is 52.9 Å². The van der Waals surface area contributed by atoms with Crippen LogP contribution in [0.1, 0.15) is 16.7 Å². The number of rotatable bonds is 9. The molecule has 184 valence electrons. The van der Waals surface area contributed by atoms with Crippen molar-refractivity contribution in [2.24, 2.45) is 0 Å². The topological polar surface area (TPSA) is 106 Å². The Morgan fingerprint density at radius 3 is 2.56 bits per heavy atom. The van der Waals surface area contributed by atoms with Gasteiger partial charge in [0.2, 0.25) is 11.7 Å². The Labute approximate surface area is 209 Å². The van der Waals surface area contributed by atoms with Crippen molar-refractivity contribution in [3.05, 3.63) is 83.4 Å². The molecule has 0 saturated heterocycles. The molecular weight excluding hydrogens is 458 g/mol. The summed E-state index contributed by atoms with van der Waals surface area (Å²) in [4.78, 5) is 28.9. The van der Waals surface area contributed by atoms with Crippen LogP contribution in [0.25, 0.3) is 34.0 Å². The number of methoxy groups -OCH3 is 1. The quantitative estimate of drug-likeness (QED) is 0.369. The first kappa shape index (κ1) is 24.8. The maximum Gasteiger partial charge on any atom is 0.323 e. The van der Waals surface area contributed by atoms with E-state index in [1.807, 2.05) is 36.4 Å². The number of carbonyl (C=O) groups is 2. The van der Waals surface area contributed by atoms with Crippen LogP contribution in [0.15, 0.2) is 71.3 Å². The molecule has 1 N–H and O–H groups in total. The number of carbonyl (C=O) groups excluding carboxylic acids is 1. The van der Waals surface area contributed by atoms with E-state index in [-0.39, 0.29) is 18.9 Å². The number of amides is 1. The predicted octanol–water partition coefficient (Wildman–Crippen LogP) is 4.61. The molecule has 1 amide bonds. The lowest BCUT2D eigenvalue weighted by atomic mass is 9.94. The highest BCUT2D eigenvalue weighted by atomic mass is 16.5. The number of ether oxygens (including phenoxy) is 1. The Hall–Kier alpha value is -4.30. The van der Waals surface area contributed by atoms with Gasteiger partial charge in [-0.1, -0.05) is 53.7 Å². The smallest absolute Gasteiger partial charge is 0.323 e. The molecule has 0 atom stereocenters. The largest absolute Gasteiger partial charge is 0.480 e. The van der Waals surface area contributed by atoms with Crippen LogP contribution in [0.2, 0.25) is 0 Å². The number of carboxylic acid groups (broad SMARTS) is 1. The first-order valence-electron chi connectivity index (χ1n) is 11.4. The summed E-state index contributed by atoms with van der Waals surface area (Å²) in [6.07, 6.45) is 0.0725. The molecular formula is C28H27N3O5. The van der Waals surface area contributed by atoms with Gasteiger partial charge in [-0.25, -0.2) is 0 Å². The molecule has 1 aromatic heterocycles. The van der Waals surface area contributed by atoms with Gasteiger partial charge in [-0.15, -0.1) is 0 Å². The fraction of sp³-hybridized carbons (Fsp3) is 0.214. The Kier molecular flexibility index (Phi) is 7.56. The van der Waals surface area contributed by atoms with Crippen molar-refractivity contribution >= 4 is 11.9 Å². The third-order valence-corrected chi connectivity index (χ3v) is 5.85. The highest BCUT2D eigenvalue weighted by molar-refractivity contribution is 5.83.